The van der Waals surface area contributed by atoms with E-state index in [0.717, 1.165) is 6.42 Å². The summed E-state index contributed by atoms with van der Waals surface area (Å²) in [6.45, 7) is 3.51. The van der Waals surface area contributed by atoms with E-state index in [1.807, 2.05) is 6.92 Å². The van der Waals surface area contributed by atoms with Gasteiger partial charge in [-0.05, 0) is 6.42 Å². The predicted molar refractivity (Wildman–Crippen MR) is 67.4 cm³/mol. The van der Waals surface area contributed by atoms with Crippen molar-refractivity contribution in [1.82, 2.24) is 10.2 Å². The number of carbonyl (C=O) groups excluding carboxylic acids is 1. The van der Waals surface area contributed by atoms with Crippen LogP contribution in [0.3, 0.4) is 0 Å². The minimum absolute atomic E-state index is 0.0395. The molecule has 0 radical (unpaired) electrons. The van der Waals surface area contributed by atoms with Crippen LogP contribution in [0.15, 0.2) is 0 Å². The van der Waals surface area contributed by atoms with E-state index in [4.69, 9.17) is 4.74 Å². The number of carboxylic acid groups (broad SMARTS) is 1. The van der Waals surface area contributed by atoms with Crippen molar-refractivity contribution in [3.8, 4) is 0 Å². The van der Waals surface area contributed by atoms with Crippen LogP contribution in [-0.4, -0.2) is 64.9 Å². The normalized spacial score (nSPS) is 32.5. The lowest BCUT2D eigenvalue weighted by molar-refractivity contribution is -0.151. The van der Waals surface area contributed by atoms with E-state index in [-0.39, 0.29) is 11.3 Å². The number of aliphatic carboxylic acids is 1. The van der Waals surface area contributed by atoms with Crippen molar-refractivity contribution in [2.45, 2.75) is 30.8 Å². The fourth-order valence-electron chi connectivity index (χ4n) is 2.27. The Bertz CT molecular complexity index is 333. The van der Waals surface area contributed by atoms with Crippen molar-refractivity contribution < 1.29 is 19.4 Å². The molecule has 3 atom stereocenters. The van der Waals surface area contributed by atoms with Crippen molar-refractivity contribution in [2.75, 3.05) is 25.5 Å². The lowest BCUT2D eigenvalue weighted by Gasteiger charge is -2.32. The average Bonchev–Trinajstić information content (AvgIpc) is 2.82. The highest BCUT2D eigenvalue weighted by Crippen LogP contribution is 2.32. The molecular formula is C11H18N2O4S. The molecule has 3 unspecified atom stereocenters. The van der Waals surface area contributed by atoms with Crippen LogP contribution in [-0.2, 0) is 14.3 Å². The summed E-state index contributed by atoms with van der Waals surface area (Å²) in [7, 11) is 0. The fourth-order valence-corrected chi connectivity index (χ4v) is 3.62. The summed E-state index contributed by atoms with van der Waals surface area (Å²) in [5, 5.41) is 12.2. The maximum Gasteiger partial charge on any atom is 0.327 e. The molecule has 0 aromatic rings. The number of hydrogen-bond acceptors (Lipinski definition) is 5. The molecule has 2 aliphatic rings. The molecule has 2 aliphatic heterocycles. The highest BCUT2D eigenvalue weighted by Gasteiger charge is 2.43. The first-order valence-electron chi connectivity index (χ1n) is 6.13. The number of nitrogens with zero attached hydrogens (tertiary/aromatic N) is 1. The van der Waals surface area contributed by atoms with E-state index in [1.165, 1.54) is 16.7 Å². The van der Waals surface area contributed by atoms with E-state index in [2.05, 4.69) is 5.32 Å². The molecule has 2 heterocycles. The Kier molecular flexibility index (Phi) is 4.47. The molecule has 1 amide bonds. The minimum Gasteiger partial charge on any atom is -0.480 e. The predicted octanol–water partition coefficient (Wildman–Crippen LogP) is -0.260. The number of rotatable bonds is 3. The zero-order valence-corrected chi connectivity index (χ0v) is 11.1. The summed E-state index contributed by atoms with van der Waals surface area (Å²) in [6.07, 6.45) is 0.758. The molecule has 2 fully saturated rings. The molecule has 0 aliphatic carbocycles. The Morgan fingerprint density at radius 1 is 1.56 bits per heavy atom. The third kappa shape index (κ3) is 2.62. The van der Waals surface area contributed by atoms with Gasteiger partial charge in [-0.25, -0.2) is 4.79 Å². The summed E-state index contributed by atoms with van der Waals surface area (Å²) < 4.78 is 5.26. The molecule has 0 aromatic heterocycles. The van der Waals surface area contributed by atoms with Gasteiger partial charge in [0.05, 0.1) is 18.6 Å². The summed E-state index contributed by atoms with van der Waals surface area (Å²) in [6, 6.07) is -1.12. The molecule has 0 spiro atoms. The van der Waals surface area contributed by atoms with Gasteiger partial charge in [0, 0.05) is 12.3 Å². The fraction of sp³-hybridized carbons (Fsp3) is 0.818. The lowest BCUT2D eigenvalue weighted by atomic mass is 10.2. The maximum absolute atomic E-state index is 12.4. The molecule has 2 N–H and O–H groups in total. The monoisotopic (exact) mass is 274 g/mol. The van der Waals surface area contributed by atoms with Gasteiger partial charge in [0.1, 0.15) is 12.1 Å². The van der Waals surface area contributed by atoms with E-state index in [9.17, 15) is 14.7 Å². The van der Waals surface area contributed by atoms with Crippen LogP contribution in [0, 0.1) is 0 Å². The van der Waals surface area contributed by atoms with Gasteiger partial charge in [-0.2, -0.15) is 0 Å². The van der Waals surface area contributed by atoms with Crippen LogP contribution in [0.25, 0.3) is 0 Å². The van der Waals surface area contributed by atoms with E-state index in [0.29, 0.717) is 25.5 Å². The third-order valence-electron chi connectivity index (χ3n) is 3.20. The quantitative estimate of drug-likeness (QED) is 0.738. The maximum atomic E-state index is 12.4. The molecule has 18 heavy (non-hydrogen) atoms. The van der Waals surface area contributed by atoms with Crippen molar-refractivity contribution in [3.05, 3.63) is 0 Å². The van der Waals surface area contributed by atoms with Crippen LogP contribution >= 0.6 is 11.8 Å². The highest BCUT2D eigenvalue weighted by molar-refractivity contribution is 8.00. The largest absolute Gasteiger partial charge is 0.480 e. The second-order valence-corrected chi connectivity index (χ2v) is 5.59. The van der Waals surface area contributed by atoms with Crippen LogP contribution in [0.1, 0.15) is 13.3 Å². The van der Waals surface area contributed by atoms with Gasteiger partial charge < -0.3 is 20.1 Å². The molecule has 2 rings (SSSR count). The second kappa shape index (κ2) is 5.90. The van der Waals surface area contributed by atoms with Crippen LogP contribution < -0.4 is 5.32 Å². The minimum atomic E-state index is -0.927. The average molecular weight is 274 g/mol. The highest BCUT2D eigenvalue weighted by atomic mass is 32.2. The zero-order valence-electron chi connectivity index (χ0n) is 10.3. The van der Waals surface area contributed by atoms with Gasteiger partial charge in [-0.1, -0.05) is 6.92 Å². The standard InChI is InChI=1S/C11H18N2O4S/c1-2-9-13(8(6-18-9)11(15)16)10(14)7-5-17-4-3-12-7/h7-9,12H,2-6H2,1H3,(H,15,16). The molecule has 0 bridgehead atoms. The van der Waals surface area contributed by atoms with Crippen molar-refractivity contribution in [1.29, 1.82) is 0 Å². The Morgan fingerprint density at radius 3 is 2.89 bits per heavy atom. The summed E-state index contributed by atoms with van der Waals surface area (Å²) in [4.78, 5) is 25.1. The number of carboxylic acids is 1. The molecule has 6 nitrogen and oxygen atoms in total. The van der Waals surface area contributed by atoms with Crippen LogP contribution in [0.4, 0.5) is 0 Å². The van der Waals surface area contributed by atoms with Gasteiger partial charge in [0.15, 0.2) is 0 Å². The van der Waals surface area contributed by atoms with Crippen LogP contribution in [0.5, 0.6) is 0 Å². The van der Waals surface area contributed by atoms with Gasteiger partial charge in [-0.3, -0.25) is 4.79 Å². The number of amides is 1. The van der Waals surface area contributed by atoms with Crippen molar-refractivity contribution in [2.24, 2.45) is 0 Å². The molecule has 2 saturated heterocycles. The van der Waals surface area contributed by atoms with Gasteiger partial charge in [0.25, 0.3) is 0 Å². The molecule has 0 aromatic carbocycles. The SMILES string of the molecule is CCC1SCC(C(=O)O)N1C(=O)C1COCCN1. The topological polar surface area (TPSA) is 78.9 Å². The number of carbonyl (C=O) groups is 2. The molecule has 7 heteroatoms. The number of morpholine rings is 1. The third-order valence-corrected chi connectivity index (χ3v) is 4.65. The smallest absolute Gasteiger partial charge is 0.327 e. The molecular weight excluding hydrogens is 256 g/mol. The molecule has 102 valence electrons. The number of ether oxygens (including phenoxy) is 1. The summed E-state index contributed by atoms with van der Waals surface area (Å²) >= 11 is 1.53. The van der Waals surface area contributed by atoms with E-state index in [1.54, 1.807) is 0 Å². The van der Waals surface area contributed by atoms with Gasteiger partial charge in [0.2, 0.25) is 5.91 Å². The van der Waals surface area contributed by atoms with Crippen LogP contribution in [0.2, 0.25) is 0 Å². The second-order valence-electron chi connectivity index (χ2n) is 4.38. The summed E-state index contributed by atoms with van der Waals surface area (Å²) in [5.74, 6) is -0.616. The Hall–Kier alpha value is -0.790. The van der Waals surface area contributed by atoms with E-state index >= 15 is 0 Å². The Labute approximate surface area is 110 Å². The Morgan fingerprint density at radius 2 is 2.33 bits per heavy atom. The Balaban J connectivity index is 2.10. The van der Waals surface area contributed by atoms with E-state index < -0.39 is 18.1 Å². The number of hydrogen-bond donors (Lipinski definition) is 2. The lowest BCUT2D eigenvalue weighted by Crippen LogP contribution is -2.56. The molecule has 0 saturated carbocycles. The first-order valence-corrected chi connectivity index (χ1v) is 7.17. The summed E-state index contributed by atoms with van der Waals surface area (Å²) in [5.41, 5.74) is 0. The van der Waals surface area contributed by atoms with Crippen molar-refractivity contribution in [3.63, 3.8) is 0 Å². The first kappa shape index (κ1) is 13.6. The van der Waals surface area contributed by atoms with Gasteiger partial charge in [-0.15, -0.1) is 11.8 Å². The first-order chi connectivity index (χ1) is 8.65. The number of thioether (sulfide) groups is 1. The zero-order chi connectivity index (χ0) is 13.1. The number of nitrogens with one attached hydrogen (secondary N) is 1. The van der Waals surface area contributed by atoms with Gasteiger partial charge >= 0.3 is 5.97 Å². The van der Waals surface area contributed by atoms with Crippen molar-refractivity contribution >= 4 is 23.6 Å².